The predicted molar refractivity (Wildman–Crippen MR) is 75.4 cm³/mol. The summed E-state index contributed by atoms with van der Waals surface area (Å²) >= 11 is 0. The van der Waals surface area contributed by atoms with Gasteiger partial charge in [-0.3, -0.25) is 4.79 Å². The zero-order valence-corrected chi connectivity index (χ0v) is 11.8. The van der Waals surface area contributed by atoms with E-state index in [2.05, 4.69) is 5.32 Å². The molecule has 124 valence electrons. The second-order valence-corrected chi connectivity index (χ2v) is 4.87. The van der Waals surface area contributed by atoms with Gasteiger partial charge >= 0.3 is 0 Å². The molecule has 0 spiro atoms. The van der Waals surface area contributed by atoms with Crippen molar-refractivity contribution in [2.75, 3.05) is 6.61 Å². The van der Waals surface area contributed by atoms with E-state index < -0.39 is 43.0 Å². The molecular formula is C14H21NO7. The van der Waals surface area contributed by atoms with Crippen LogP contribution in [0.15, 0.2) is 30.3 Å². The first-order valence-electron chi connectivity index (χ1n) is 6.71. The third-order valence-corrected chi connectivity index (χ3v) is 3.18. The van der Waals surface area contributed by atoms with Crippen LogP contribution < -0.4 is 5.32 Å². The van der Waals surface area contributed by atoms with E-state index >= 15 is 0 Å². The average molecular weight is 315 g/mol. The number of nitrogens with one attached hydrogen (secondary N) is 1. The number of benzene rings is 1. The fourth-order valence-electron chi connectivity index (χ4n) is 1.77. The van der Waals surface area contributed by atoms with Crippen LogP contribution in [-0.4, -0.2) is 73.7 Å². The van der Waals surface area contributed by atoms with Crippen LogP contribution in [0, 0.1) is 0 Å². The highest BCUT2D eigenvalue weighted by molar-refractivity contribution is 5.81. The quantitative estimate of drug-likeness (QED) is 0.272. The minimum atomic E-state index is -2.02. The number of hydrogen-bond donors (Lipinski definition) is 7. The van der Waals surface area contributed by atoms with Crippen molar-refractivity contribution in [1.29, 1.82) is 0 Å². The highest BCUT2D eigenvalue weighted by Gasteiger charge is 2.36. The first kappa shape index (κ1) is 18.5. The molecule has 0 fully saturated rings. The third-order valence-electron chi connectivity index (χ3n) is 3.18. The molecule has 1 amide bonds. The molecule has 0 radical (unpaired) electrons. The van der Waals surface area contributed by atoms with Crippen molar-refractivity contribution in [2.24, 2.45) is 0 Å². The number of rotatable bonds is 8. The number of carbonyl (C=O) groups excluding carboxylic acids is 1. The van der Waals surface area contributed by atoms with Gasteiger partial charge in [-0.05, 0) is 5.56 Å². The average Bonchev–Trinajstić information content (AvgIpc) is 2.56. The van der Waals surface area contributed by atoms with E-state index in [9.17, 15) is 25.2 Å². The number of aliphatic hydroxyl groups is 6. The summed E-state index contributed by atoms with van der Waals surface area (Å²) in [6.45, 7) is -0.734. The molecule has 0 aliphatic rings. The van der Waals surface area contributed by atoms with Crippen molar-refractivity contribution in [3.8, 4) is 0 Å². The van der Waals surface area contributed by atoms with Crippen molar-refractivity contribution in [3.63, 3.8) is 0 Å². The Morgan fingerprint density at radius 1 is 0.955 bits per heavy atom. The summed E-state index contributed by atoms with van der Waals surface area (Å²) in [6.07, 6.45) is -9.63. The first-order chi connectivity index (χ1) is 10.4. The van der Waals surface area contributed by atoms with E-state index in [1.54, 1.807) is 30.3 Å². The Kier molecular flexibility index (Phi) is 7.39. The zero-order chi connectivity index (χ0) is 16.7. The highest BCUT2D eigenvalue weighted by Crippen LogP contribution is 2.09. The summed E-state index contributed by atoms with van der Waals surface area (Å²) in [5.74, 6) is -0.943. The molecule has 0 aromatic heterocycles. The zero-order valence-electron chi connectivity index (χ0n) is 11.8. The minimum absolute atomic E-state index is 0.112. The summed E-state index contributed by atoms with van der Waals surface area (Å²) in [6, 6.07) is 8.83. The van der Waals surface area contributed by atoms with Crippen molar-refractivity contribution in [1.82, 2.24) is 5.32 Å². The maximum absolute atomic E-state index is 11.7. The molecule has 5 atom stereocenters. The Bertz CT molecular complexity index is 456. The lowest BCUT2D eigenvalue weighted by molar-refractivity contribution is -0.157. The Morgan fingerprint density at radius 2 is 1.55 bits per heavy atom. The molecule has 0 bridgehead atoms. The second-order valence-electron chi connectivity index (χ2n) is 4.87. The number of aliphatic hydroxyl groups excluding tert-OH is 6. The van der Waals surface area contributed by atoms with Gasteiger partial charge in [-0.25, -0.2) is 0 Å². The summed E-state index contributed by atoms with van der Waals surface area (Å²) in [4.78, 5) is 11.7. The molecule has 0 aliphatic carbocycles. The van der Waals surface area contributed by atoms with Crippen molar-refractivity contribution in [2.45, 2.75) is 37.1 Å². The van der Waals surface area contributed by atoms with Gasteiger partial charge in [0.2, 0.25) is 0 Å². The summed E-state index contributed by atoms with van der Waals surface area (Å²) in [5.41, 5.74) is 0.772. The molecule has 1 aromatic carbocycles. The smallest absolute Gasteiger partial charge is 0.251 e. The van der Waals surface area contributed by atoms with Crippen LogP contribution in [0.3, 0.4) is 0 Å². The molecule has 0 saturated carbocycles. The van der Waals surface area contributed by atoms with Gasteiger partial charge in [0.05, 0.1) is 6.61 Å². The van der Waals surface area contributed by atoms with E-state index in [1.165, 1.54) is 0 Å². The molecule has 8 heteroatoms. The van der Waals surface area contributed by atoms with E-state index in [0.29, 0.717) is 0 Å². The fourth-order valence-corrected chi connectivity index (χ4v) is 1.77. The number of amides is 1. The maximum atomic E-state index is 11.7. The second kappa shape index (κ2) is 8.79. The summed E-state index contributed by atoms with van der Waals surface area (Å²) in [7, 11) is 0. The van der Waals surface area contributed by atoms with E-state index in [0.717, 1.165) is 5.56 Å². The van der Waals surface area contributed by atoms with Gasteiger partial charge in [0.25, 0.3) is 5.91 Å². The fraction of sp³-hybridized carbons (Fsp3) is 0.500. The molecule has 0 unspecified atom stereocenters. The standard InChI is InChI=1S/C14H21NO7/c16-7-9(17)10(18)11(19)12(20)13(21)14(22)15-6-8-4-2-1-3-5-8/h1-5,9-13,16-21H,6-7H2,(H,15,22)/t9-,10-,11-,12+,13+/m1/s1. The monoisotopic (exact) mass is 315 g/mol. The van der Waals surface area contributed by atoms with Crippen LogP contribution in [-0.2, 0) is 11.3 Å². The van der Waals surface area contributed by atoms with Gasteiger partial charge in [0, 0.05) is 6.54 Å². The first-order valence-corrected chi connectivity index (χ1v) is 6.71. The van der Waals surface area contributed by atoms with E-state index in [1.807, 2.05) is 0 Å². The highest BCUT2D eigenvalue weighted by atomic mass is 16.4. The lowest BCUT2D eigenvalue weighted by Gasteiger charge is -2.27. The van der Waals surface area contributed by atoms with Gasteiger partial charge in [-0.1, -0.05) is 30.3 Å². The van der Waals surface area contributed by atoms with Gasteiger partial charge in [0.1, 0.15) is 24.4 Å². The largest absolute Gasteiger partial charge is 0.394 e. The normalized spacial score (nSPS) is 18.1. The Morgan fingerprint density at radius 3 is 2.09 bits per heavy atom. The van der Waals surface area contributed by atoms with Gasteiger partial charge in [0.15, 0.2) is 6.10 Å². The van der Waals surface area contributed by atoms with Crippen molar-refractivity contribution >= 4 is 5.91 Å². The van der Waals surface area contributed by atoms with Gasteiger partial charge in [-0.2, -0.15) is 0 Å². The van der Waals surface area contributed by atoms with Gasteiger partial charge < -0.3 is 36.0 Å². The van der Waals surface area contributed by atoms with Crippen LogP contribution >= 0.6 is 0 Å². The Balaban J connectivity index is 2.54. The van der Waals surface area contributed by atoms with Crippen LogP contribution in [0.5, 0.6) is 0 Å². The molecule has 7 N–H and O–H groups in total. The molecule has 0 aliphatic heterocycles. The lowest BCUT2D eigenvalue weighted by atomic mass is 9.99. The Labute approximate surface area is 127 Å². The van der Waals surface area contributed by atoms with Crippen LogP contribution in [0.2, 0.25) is 0 Å². The summed E-state index contributed by atoms with van der Waals surface area (Å²) in [5, 5.41) is 58.5. The van der Waals surface area contributed by atoms with E-state index in [4.69, 9.17) is 10.2 Å². The molecule has 0 saturated heterocycles. The number of carbonyl (C=O) groups is 1. The van der Waals surface area contributed by atoms with Gasteiger partial charge in [-0.15, -0.1) is 0 Å². The molecule has 0 heterocycles. The third kappa shape index (κ3) is 5.02. The van der Waals surface area contributed by atoms with Crippen LogP contribution in [0.1, 0.15) is 5.56 Å². The van der Waals surface area contributed by atoms with Crippen molar-refractivity contribution in [3.05, 3.63) is 35.9 Å². The van der Waals surface area contributed by atoms with Crippen molar-refractivity contribution < 1.29 is 35.4 Å². The van der Waals surface area contributed by atoms with Crippen LogP contribution in [0.25, 0.3) is 0 Å². The molecule has 1 aromatic rings. The van der Waals surface area contributed by atoms with E-state index in [-0.39, 0.29) is 6.54 Å². The number of hydrogen-bond acceptors (Lipinski definition) is 7. The SMILES string of the molecule is O=C(NCc1ccccc1)[C@@H](O)[C@@H](O)[C@H](O)[C@H](O)[C@H](O)CO. The molecule has 22 heavy (non-hydrogen) atoms. The van der Waals surface area contributed by atoms with Crippen LogP contribution in [0.4, 0.5) is 0 Å². The minimum Gasteiger partial charge on any atom is -0.394 e. The summed E-state index contributed by atoms with van der Waals surface area (Å²) < 4.78 is 0. The maximum Gasteiger partial charge on any atom is 0.251 e. The Hall–Kier alpha value is -1.55. The predicted octanol–water partition coefficient (Wildman–Crippen LogP) is -2.90. The molecule has 8 nitrogen and oxygen atoms in total. The molecular weight excluding hydrogens is 294 g/mol. The molecule has 1 rings (SSSR count). The topological polar surface area (TPSA) is 150 Å². The lowest BCUT2D eigenvalue weighted by Crippen LogP contribution is -2.53.